The third-order valence-corrected chi connectivity index (χ3v) is 3.84. The molecule has 0 aromatic carbocycles. The largest absolute Gasteiger partial charge is 0.453 e. The Kier molecular flexibility index (Phi) is 3.78. The van der Waals surface area contributed by atoms with E-state index in [9.17, 15) is 4.79 Å². The van der Waals surface area contributed by atoms with E-state index >= 15 is 0 Å². The van der Waals surface area contributed by atoms with Gasteiger partial charge in [-0.15, -0.1) is 0 Å². The monoisotopic (exact) mass is 292 g/mol. The number of amides is 1. The van der Waals surface area contributed by atoms with Crippen molar-refractivity contribution < 1.29 is 9.53 Å². The Morgan fingerprint density at radius 1 is 1.43 bits per heavy atom. The molecule has 4 N–H and O–H groups in total. The summed E-state index contributed by atoms with van der Waals surface area (Å²) in [7, 11) is 1.37. The summed E-state index contributed by atoms with van der Waals surface area (Å²) in [4.78, 5) is 22.4. The molecule has 2 fully saturated rings. The van der Waals surface area contributed by atoms with E-state index in [2.05, 4.69) is 30.3 Å². The highest BCUT2D eigenvalue weighted by Gasteiger charge is 2.30. The summed E-state index contributed by atoms with van der Waals surface area (Å²) in [6.07, 6.45) is 2.75. The van der Waals surface area contributed by atoms with Crippen molar-refractivity contribution in [1.82, 2.24) is 15.3 Å². The first-order valence-electron chi connectivity index (χ1n) is 7.14. The molecule has 1 aliphatic heterocycles. The SMILES string of the molecule is COC(=O)NC1CCN(c2cc(NN)nc(C3CC3)n2)C1. The second-order valence-electron chi connectivity index (χ2n) is 5.46. The Balaban J connectivity index is 1.72. The Hall–Kier alpha value is -2.09. The summed E-state index contributed by atoms with van der Waals surface area (Å²) >= 11 is 0. The fraction of sp³-hybridized carbons (Fsp3) is 0.615. The molecule has 1 unspecified atom stereocenters. The molecular formula is C13H20N6O2. The molecule has 3 rings (SSSR count). The van der Waals surface area contributed by atoms with E-state index in [0.29, 0.717) is 18.3 Å². The van der Waals surface area contributed by atoms with Gasteiger partial charge in [-0.3, -0.25) is 0 Å². The molecular weight excluding hydrogens is 272 g/mol. The van der Waals surface area contributed by atoms with Crippen LogP contribution in [0.25, 0.3) is 0 Å². The molecule has 1 aromatic heterocycles. The number of hydrogen-bond donors (Lipinski definition) is 3. The number of alkyl carbamates (subject to hydrolysis) is 1. The van der Waals surface area contributed by atoms with Gasteiger partial charge in [0, 0.05) is 25.1 Å². The molecule has 0 radical (unpaired) electrons. The number of hydrogen-bond acceptors (Lipinski definition) is 7. The van der Waals surface area contributed by atoms with Crippen molar-refractivity contribution in [2.24, 2.45) is 5.84 Å². The van der Waals surface area contributed by atoms with Crippen LogP contribution in [0.3, 0.4) is 0 Å². The number of nitrogens with zero attached hydrogens (tertiary/aromatic N) is 3. The lowest BCUT2D eigenvalue weighted by atomic mass is 10.3. The fourth-order valence-electron chi connectivity index (χ4n) is 2.52. The molecule has 2 aliphatic rings. The van der Waals surface area contributed by atoms with Crippen LogP contribution in [0.5, 0.6) is 0 Å². The number of aromatic nitrogens is 2. The number of nitrogen functional groups attached to an aromatic ring is 1. The van der Waals surface area contributed by atoms with Crippen molar-refractivity contribution in [3.05, 3.63) is 11.9 Å². The van der Waals surface area contributed by atoms with Crippen molar-refractivity contribution in [3.8, 4) is 0 Å². The second kappa shape index (κ2) is 5.72. The summed E-state index contributed by atoms with van der Waals surface area (Å²) in [6.45, 7) is 1.54. The number of nitrogens with one attached hydrogen (secondary N) is 2. The number of methoxy groups -OCH3 is 1. The molecule has 1 aliphatic carbocycles. The van der Waals surface area contributed by atoms with E-state index < -0.39 is 6.09 Å². The van der Waals surface area contributed by atoms with Crippen molar-refractivity contribution in [1.29, 1.82) is 0 Å². The minimum atomic E-state index is -0.396. The summed E-state index contributed by atoms with van der Waals surface area (Å²) in [5, 5.41) is 2.82. The number of carbonyl (C=O) groups is 1. The zero-order valence-corrected chi connectivity index (χ0v) is 12.0. The highest BCUT2D eigenvalue weighted by Crippen LogP contribution is 2.39. The van der Waals surface area contributed by atoms with E-state index in [1.165, 1.54) is 7.11 Å². The van der Waals surface area contributed by atoms with Crippen LogP contribution in [-0.4, -0.2) is 42.3 Å². The zero-order valence-electron chi connectivity index (χ0n) is 12.0. The summed E-state index contributed by atoms with van der Waals surface area (Å²) in [5.74, 6) is 8.29. The number of rotatable bonds is 4. The van der Waals surface area contributed by atoms with Gasteiger partial charge >= 0.3 is 6.09 Å². The van der Waals surface area contributed by atoms with Gasteiger partial charge in [-0.2, -0.15) is 0 Å². The van der Waals surface area contributed by atoms with Gasteiger partial charge in [0.1, 0.15) is 17.5 Å². The van der Waals surface area contributed by atoms with Gasteiger partial charge in [0.05, 0.1) is 13.2 Å². The maximum atomic E-state index is 11.3. The quantitative estimate of drug-likeness (QED) is 0.550. The lowest BCUT2D eigenvalue weighted by molar-refractivity contribution is 0.167. The smallest absolute Gasteiger partial charge is 0.407 e. The molecule has 1 saturated carbocycles. The molecule has 0 spiro atoms. The predicted molar refractivity (Wildman–Crippen MR) is 78.0 cm³/mol. The Morgan fingerprint density at radius 2 is 2.24 bits per heavy atom. The van der Waals surface area contributed by atoms with E-state index in [1.54, 1.807) is 0 Å². The van der Waals surface area contributed by atoms with E-state index in [0.717, 1.165) is 37.4 Å². The third-order valence-electron chi connectivity index (χ3n) is 3.84. The average Bonchev–Trinajstić information content (AvgIpc) is 3.26. The summed E-state index contributed by atoms with van der Waals surface area (Å²) in [6, 6.07) is 1.91. The Morgan fingerprint density at radius 3 is 2.90 bits per heavy atom. The first-order chi connectivity index (χ1) is 10.2. The van der Waals surface area contributed by atoms with Crippen LogP contribution in [0.2, 0.25) is 0 Å². The first kappa shape index (κ1) is 13.9. The van der Waals surface area contributed by atoms with Gasteiger partial charge < -0.3 is 20.4 Å². The molecule has 1 saturated heterocycles. The Bertz CT molecular complexity index is 533. The van der Waals surface area contributed by atoms with E-state index in [4.69, 9.17) is 5.84 Å². The van der Waals surface area contributed by atoms with Gasteiger partial charge in [0.15, 0.2) is 0 Å². The van der Waals surface area contributed by atoms with Gasteiger partial charge in [0.25, 0.3) is 0 Å². The summed E-state index contributed by atoms with van der Waals surface area (Å²) < 4.78 is 4.63. The van der Waals surface area contributed by atoms with Crippen molar-refractivity contribution in [2.75, 3.05) is 30.5 Å². The van der Waals surface area contributed by atoms with E-state index in [-0.39, 0.29) is 6.04 Å². The lowest BCUT2D eigenvalue weighted by Gasteiger charge is -2.19. The number of nitrogens with two attached hydrogens (primary N) is 1. The molecule has 8 heteroatoms. The van der Waals surface area contributed by atoms with Crippen LogP contribution in [0.4, 0.5) is 16.4 Å². The van der Waals surface area contributed by atoms with Crippen LogP contribution in [0.15, 0.2) is 6.07 Å². The van der Waals surface area contributed by atoms with Crippen LogP contribution >= 0.6 is 0 Å². The lowest BCUT2D eigenvalue weighted by Crippen LogP contribution is -2.37. The van der Waals surface area contributed by atoms with E-state index in [1.807, 2.05) is 6.07 Å². The van der Waals surface area contributed by atoms with Gasteiger partial charge in [0.2, 0.25) is 0 Å². The number of ether oxygens (including phenoxy) is 1. The predicted octanol–water partition coefficient (Wildman–Crippen LogP) is 0.574. The number of carbonyl (C=O) groups excluding carboxylic acids is 1. The highest BCUT2D eigenvalue weighted by atomic mass is 16.5. The third kappa shape index (κ3) is 3.15. The van der Waals surface area contributed by atoms with Crippen LogP contribution < -0.4 is 21.5 Å². The molecule has 1 amide bonds. The van der Waals surface area contributed by atoms with Crippen molar-refractivity contribution in [2.45, 2.75) is 31.2 Å². The standard InChI is InChI=1S/C13H20N6O2/c1-21-13(20)15-9-4-5-19(7-9)11-6-10(18-14)16-12(17-11)8-2-3-8/h6,8-9H,2-5,7,14H2,1H3,(H,15,20)(H,16,17,18). The average molecular weight is 292 g/mol. The molecule has 114 valence electrons. The number of hydrazine groups is 1. The molecule has 21 heavy (non-hydrogen) atoms. The van der Waals surface area contributed by atoms with Crippen LogP contribution in [0, 0.1) is 0 Å². The molecule has 1 atom stereocenters. The fourth-order valence-corrected chi connectivity index (χ4v) is 2.52. The van der Waals surface area contributed by atoms with Gasteiger partial charge in [-0.05, 0) is 19.3 Å². The van der Waals surface area contributed by atoms with Gasteiger partial charge in [-0.1, -0.05) is 0 Å². The molecule has 8 nitrogen and oxygen atoms in total. The van der Waals surface area contributed by atoms with Crippen LogP contribution in [0.1, 0.15) is 31.0 Å². The normalized spacial score (nSPS) is 21.2. The second-order valence-corrected chi connectivity index (χ2v) is 5.46. The highest BCUT2D eigenvalue weighted by molar-refractivity contribution is 5.67. The number of anilines is 2. The zero-order chi connectivity index (χ0) is 14.8. The van der Waals surface area contributed by atoms with Crippen LogP contribution in [-0.2, 0) is 4.74 Å². The minimum Gasteiger partial charge on any atom is -0.453 e. The molecule has 1 aromatic rings. The van der Waals surface area contributed by atoms with Crippen molar-refractivity contribution >= 4 is 17.7 Å². The first-order valence-corrected chi connectivity index (χ1v) is 7.14. The Labute approximate surface area is 123 Å². The maximum Gasteiger partial charge on any atom is 0.407 e. The van der Waals surface area contributed by atoms with Crippen molar-refractivity contribution in [3.63, 3.8) is 0 Å². The maximum absolute atomic E-state index is 11.3. The topological polar surface area (TPSA) is 105 Å². The molecule has 0 bridgehead atoms. The molecule has 2 heterocycles. The van der Waals surface area contributed by atoms with Gasteiger partial charge in [-0.25, -0.2) is 20.6 Å². The summed E-state index contributed by atoms with van der Waals surface area (Å²) in [5.41, 5.74) is 2.60. The minimum absolute atomic E-state index is 0.0751.